The first-order valence-electron chi connectivity index (χ1n) is 2.39. The number of thiol groups is 1. The summed E-state index contributed by atoms with van der Waals surface area (Å²) in [5, 5.41) is 2.97. The molecule has 0 aromatic rings. The average molecular weight is 128 g/mol. The Balaban J connectivity index is 2.73. The van der Waals surface area contributed by atoms with Crippen LogP contribution in [0.4, 0.5) is 0 Å². The van der Waals surface area contributed by atoms with Crippen LogP contribution in [0.3, 0.4) is 0 Å². The zero-order valence-corrected chi connectivity index (χ0v) is 5.28. The summed E-state index contributed by atoms with van der Waals surface area (Å²) < 4.78 is 0. The molecule has 1 aliphatic heterocycles. The Kier molecular flexibility index (Phi) is 1.48. The van der Waals surface area contributed by atoms with Crippen molar-refractivity contribution in [2.45, 2.75) is 0 Å². The number of hydrogen-bond acceptors (Lipinski definition) is 3. The SMILES string of the molecule is NC1=CCNC=C1S. The second kappa shape index (κ2) is 2.13. The van der Waals surface area contributed by atoms with Crippen molar-refractivity contribution in [2.24, 2.45) is 5.73 Å². The summed E-state index contributed by atoms with van der Waals surface area (Å²) >= 11 is 4.06. The number of rotatable bonds is 0. The van der Waals surface area contributed by atoms with Crippen LogP contribution in [0.25, 0.3) is 0 Å². The van der Waals surface area contributed by atoms with E-state index in [4.69, 9.17) is 5.73 Å². The summed E-state index contributed by atoms with van der Waals surface area (Å²) in [4.78, 5) is 0.816. The molecule has 3 heteroatoms. The molecule has 1 rings (SSSR count). The standard InChI is InChI=1S/C5H8N2S/c6-4-1-2-7-3-5(4)8/h1,3,7-8H,2,6H2. The fourth-order valence-electron chi connectivity index (χ4n) is 0.512. The van der Waals surface area contributed by atoms with Crippen molar-refractivity contribution in [3.8, 4) is 0 Å². The van der Waals surface area contributed by atoms with Gasteiger partial charge in [-0.15, -0.1) is 12.6 Å². The summed E-state index contributed by atoms with van der Waals surface area (Å²) in [6.45, 7) is 0.815. The van der Waals surface area contributed by atoms with E-state index in [0.717, 1.165) is 17.1 Å². The van der Waals surface area contributed by atoms with Gasteiger partial charge >= 0.3 is 0 Å². The number of nitrogens with two attached hydrogens (primary N) is 1. The van der Waals surface area contributed by atoms with Crippen molar-refractivity contribution in [3.63, 3.8) is 0 Å². The maximum Gasteiger partial charge on any atom is 0.0441 e. The van der Waals surface area contributed by atoms with Gasteiger partial charge in [-0.2, -0.15) is 0 Å². The molecule has 3 N–H and O–H groups in total. The molecule has 0 atom stereocenters. The minimum absolute atomic E-state index is 0.757. The maximum absolute atomic E-state index is 5.45. The quantitative estimate of drug-likeness (QED) is 0.408. The van der Waals surface area contributed by atoms with Crippen LogP contribution in [0, 0.1) is 0 Å². The second-order valence-corrected chi connectivity index (χ2v) is 2.08. The number of dihydropyridines is 1. The Labute approximate surface area is 53.9 Å². The molecule has 0 aromatic carbocycles. The molecular formula is C5H8N2S. The normalized spacial score (nSPS) is 18.6. The first kappa shape index (κ1) is 5.56. The average Bonchev–Trinajstić information content (AvgIpc) is 1.77. The van der Waals surface area contributed by atoms with Gasteiger partial charge in [-0.05, 0) is 6.08 Å². The van der Waals surface area contributed by atoms with Crippen LogP contribution in [0.15, 0.2) is 22.9 Å². The molecule has 0 spiro atoms. The predicted octanol–water partition coefficient (Wildman–Crippen LogP) is 0.203. The monoisotopic (exact) mass is 128 g/mol. The summed E-state index contributed by atoms with van der Waals surface area (Å²) in [5.41, 5.74) is 6.21. The lowest BCUT2D eigenvalue weighted by molar-refractivity contribution is 0.950. The van der Waals surface area contributed by atoms with E-state index < -0.39 is 0 Å². The van der Waals surface area contributed by atoms with Crippen molar-refractivity contribution in [1.29, 1.82) is 0 Å². The van der Waals surface area contributed by atoms with Crippen molar-refractivity contribution in [1.82, 2.24) is 5.32 Å². The minimum Gasteiger partial charge on any atom is -0.398 e. The van der Waals surface area contributed by atoms with E-state index in [1.807, 2.05) is 6.08 Å². The van der Waals surface area contributed by atoms with Crippen LogP contribution < -0.4 is 11.1 Å². The molecule has 8 heavy (non-hydrogen) atoms. The number of hydrogen-bond donors (Lipinski definition) is 3. The Morgan fingerprint density at radius 2 is 2.50 bits per heavy atom. The molecular weight excluding hydrogens is 120 g/mol. The molecule has 2 nitrogen and oxygen atoms in total. The van der Waals surface area contributed by atoms with Gasteiger partial charge in [-0.3, -0.25) is 0 Å². The molecule has 0 radical (unpaired) electrons. The van der Waals surface area contributed by atoms with Gasteiger partial charge in [-0.25, -0.2) is 0 Å². The summed E-state index contributed by atoms with van der Waals surface area (Å²) in [5.74, 6) is 0. The topological polar surface area (TPSA) is 38.0 Å². The Hall–Kier alpha value is -0.570. The largest absolute Gasteiger partial charge is 0.398 e. The Morgan fingerprint density at radius 1 is 1.75 bits per heavy atom. The van der Waals surface area contributed by atoms with Crippen LogP contribution in [0.5, 0.6) is 0 Å². The van der Waals surface area contributed by atoms with E-state index in [1.165, 1.54) is 0 Å². The highest BCUT2D eigenvalue weighted by molar-refractivity contribution is 7.84. The molecule has 0 saturated carbocycles. The molecule has 0 saturated heterocycles. The lowest BCUT2D eigenvalue weighted by atomic mass is 10.3. The van der Waals surface area contributed by atoms with E-state index in [2.05, 4.69) is 17.9 Å². The van der Waals surface area contributed by atoms with Gasteiger partial charge in [0.25, 0.3) is 0 Å². The minimum atomic E-state index is 0.757. The molecule has 0 amide bonds. The van der Waals surface area contributed by atoms with Crippen LogP contribution in [0.2, 0.25) is 0 Å². The lowest BCUT2D eigenvalue weighted by Crippen LogP contribution is -2.14. The summed E-state index contributed by atoms with van der Waals surface area (Å²) in [6.07, 6.45) is 3.68. The van der Waals surface area contributed by atoms with E-state index in [0.29, 0.717) is 0 Å². The van der Waals surface area contributed by atoms with E-state index in [9.17, 15) is 0 Å². The fraction of sp³-hybridized carbons (Fsp3) is 0.200. The van der Waals surface area contributed by atoms with Crippen LogP contribution in [-0.2, 0) is 0 Å². The summed E-state index contributed by atoms with van der Waals surface area (Å²) in [6, 6.07) is 0. The van der Waals surface area contributed by atoms with Gasteiger partial charge in [0.15, 0.2) is 0 Å². The lowest BCUT2D eigenvalue weighted by Gasteiger charge is -2.07. The van der Waals surface area contributed by atoms with Crippen molar-refractivity contribution in [2.75, 3.05) is 6.54 Å². The predicted molar refractivity (Wildman–Crippen MR) is 37.3 cm³/mol. The zero-order valence-electron chi connectivity index (χ0n) is 4.39. The van der Waals surface area contributed by atoms with Crippen LogP contribution in [0.1, 0.15) is 0 Å². The molecule has 0 aromatic heterocycles. The fourth-order valence-corrected chi connectivity index (χ4v) is 0.695. The van der Waals surface area contributed by atoms with Gasteiger partial charge < -0.3 is 11.1 Å². The van der Waals surface area contributed by atoms with Crippen LogP contribution in [-0.4, -0.2) is 6.54 Å². The summed E-state index contributed by atoms with van der Waals surface area (Å²) in [7, 11) is 0. The van der Waals surface area contributed by atoms with Gasteiger partial charge in [0, 0.05) is 23.3 Å². The highest BCUT2D eigenvalue weighted by Gasteiger charge is 1.96. The van der Waals surface area contributed by atoms with Crippen molar-refractivity contribution >= 4 is 12.6 Å². The van der Waals surface area contributed by atoms with E-state index >= 15 is 0 Å². The van der Waals surface area contributed by atoms with Crippen LogP contribution >= 0.6 is 12.6 Å². The first-order chi connectivity index (χ1) is 3.80. The highest BCUT2D eigenvalue weighted by Crippen LogP contribution is 2.08. The molecule has 0 unspecified atom stereocenters. The smallest absolute Gasteiger partial charge is 0.0441 e. The second-order valence-electron chi connectivity index (χ2n) is 1.60. The third-order valence-electron chi connectivity index (χ3n) is 0.974. The Morgan fingerprint density at radius 3 is 2.88 bits per heavy atom. The van der Waals surface area contributed by atoms with Crippen molar-refractivity contribution in [3.05, 3.63) is 22.9 Å². The van der Waals surface area contributed by atoms with Gasteiger partial charge in [0.05, 0.1) is 0 Å². The third kappa shape index (κ3) is 0.980. The highest BCUT2D eigenvalue weighted by atomic mass is 32.1. The molecule has 1 aliphatic rings. The first-order valence-corrected chi connectivity index (χ1v) is 2.84. The maximum atomic E-state index is 5.45. The third-order valence-corrected chi connectivity index (χ3v) is 1.36. The number of nitrogens with one attached hydrogen (secondary N) is 1. The molecule has 1 heterocycles. The van der Waals surface area contributed by atoms with E-state index in [-0.39, 0.29) is 0 Å². The Bertz CT molecular complexity index is 131. The molecule has 0 fully saturated rings. The van der Waals surface area contributed by atoms with Crippen molar-refractivity contribution < 1.29 is 0 Å². The van der Waals surface area contributed by atoms with E-state index in [1.54, 1.807) is 6.20 Å². The molecule has 0 bridgehead atoms. The molecule has 0 aliphatic carbocycles. The zero-order chi connectivity index (χ0) is 5.98. The molecule has 44 valence electrons. The van der Waals surface area contributed by atoms with Gasteiger partial charge in [-0.1, -0.05) is 0 Å². The van der Waals surface area contributed by atoms with Gasteiger partial charge in [0.1, 0.15) is 0 Å². The van der Waals surface area contributed by atoms with Gasteiger partial charge in [0.2, 0.25) is 0 Å².